The predicted octanol–water partition coefficient (Wildman–Crippen LogP) is 3.37. The Morgan fingerprint density at radius 1 is 1.12 bits per heavy atom. The highest BCUT2D eigenvalue weighted by molar-refractivity contribution is 6.31. The van der Waals surface area contributed by atoms with E-state index in [4.69, 9.17) is 16.3 Å². The molecule has 2 aromatic carbocycles. The standard InChI is InChI=1S/C19H17ClN4O2/c20-14-3-1-2-13(10-14)19(25)23-15-4-5-16-17(11-15)21-12-22-18(16)24-6-8-26-9-7-24/h1-5,10-12H,6-9H2,(H,23,25). The van der Waals surface area contributed by atoms with Crippen LogP contribution in [0.3, 0.4) is 0 Å². The average Bonchev–Trinajstić information content (AvgIpc) is 2.68. The van der Waals surface area contributed by atoms with Crippen molar-refractivity contribution in [1.82, 2.24) is 9.97 Å². The quantitative estimate of drug-likeness (QED) is 0.767. The number of carbonyl (C=O) groups excluding carboxylic acids is 1. The molecule has 3 aromatic rings. The Morgan fingerprint density at radius 3 is 2.77 bits per heavy atom. The van der Waals surface area contributed by atoms with Crippen LogP contribution in [0.5, 0.6) is 0 Å². The van der Waals surface area contributed by atoms with Crippen LogP contribution in [0, 0.1) is 0 Å². The minimum absolute atomic E-state index is 0.214. The minimum atomic E-state index is -0.214. The number of amides is 1. The molecule has 26 heavy (non-hydrogen) atoms. The fraction of sp³-hybridized carbons (Fsp3) is 0.211. The van der Waals surface area contributed by atoms with Crippen molar-refractivity contribution in [1.29, 1.82) is 0 Å². The van der Waals surface area contributed by atoms with E-state index in [-0.39, 0.29) is 5.91 Å². The van der Waals surface area contributed by atoms with Crippen molar-refractivity contribution in [2.75, 3.05) is 36.5 Å². The van der Waals surface area contributed by atoms with E-state index in [9.17, 15) is 4.79 Å². The van der Waals surface area contributed by atoms with E-state index in [0.29, 0.717) is 29.5 Å². The van der Waals surface area contributed by atoms with E-state index < -0.39 is 0 Å². The molecule has 1 N–H and O–H groups in total. The van der Waals surface area contributed by atoms with Crippen molar-refractivity contribution < 1.29 is 9.53 Å². The smallest absolute Gasteiger partial charge is 0.255 e. The number of morpholine rings is 1. The summed E-state index contributed by atoms with van der Waals surface area (Å²) in [7, 11) is 0. The maximum atomic E-state index is 12.4. The zero-order valence-electron chi connectivity index (χ0n) is 14.0. The van der Waals surface area contributed by atoms with Gasteiger partial charge in [-0.05, 0) is 36.4 Å². The number of hydrogen-bond acceptors (Lipinski definition) is 5. The molecular weight excluding hydrogens is 352 g/mol. The summed E-state index contributed by atoms with van der Waals surface area (Å²) in [6.45, 7) is 3.00. The van der Waals surface area contributed by atoms with E-state index in [2.05, 4.69) is 20.2 Å². The number of rotatable bonds is 3. The molecule has 1 fully saturated rings. The molecule has 4 rings (SSSR count). The lowest BCUT2D eigenvalue weighted by atomic mass is 10.1. The van der Waals surface area contributed by atoms with Crippen molar-refractivity contribution in [3.8, 4) is 0 Å². The van der Waals surface area contributed by atoms with Gasteiger partial charge in [0.05, 0.1) is 18.7 Å². The predicted molar refractivity (Wildman–Crippen MR) is 102 cm³/mol. The summed E-state index contributed by atoms with van der Waals surface area (Å²) in [5.41, 5.74) is 1.97. The molecule has 1 aromatic heterocycles. The average molecular weight is 369 g/mol. The van der Waals surface area contributed by atoms with Crippen LogP contribution < -0.4 is 10.2 Å². The lowest BCUT2D eigenvalue weighted by Gasteiger charge is -2.28. The molecule has 7 heteroatoms. The molecule has 1 aliphatic heterocycles. The van der Waals surface area contributed by atoms with Crippen LogP contribution in [-0.4, -0.2) is 42.2 Å². The zero-order valence-corrected chi connectivity index (χ0v) is 14.7. The SMILES string of the molecule is O=C(Nc1ccc2c(N3CCOCC3)ncnc2c1)c1cccc(Cl)c1. The molecule has 6 nitrogen and oxygen atoms in total. The number of carbonyl (C=O) groups is 1. The number of fused-ring (bicyclic) bond motifs is 1. The van der Waals surface area contributed by atoms with Gasteiger partial charge in [0.25, 0.3) is 5.91 Å². The molecule has 1 saturated heterocycles. The zero-order chi connectivity index (χ0) is 17.9. The first-order chi connectivity index (χ1) is 12.7. The number of nitrogens with one attached hydrogen (secondary N) is 1. The number of nitrogens with zero attached hydrogens (tertiary/aromatic N) is 3. The molecule has 0 unspecified atom stereocenters. The maximum absolute atomic E-state index is 12.4. The molecule has 0 saturated carbocycles. The molecule has 0 bridgehead atoms. The van der Waals surface area contributed by atoms with Gasteiger partial charge < -0.3 is 15.0 Å². The normalized spacial score (nSPS) is 14.4. The van der Waals surface area contributed by atoms with Crippen molar-refractivity contribution >= 4 is 39.9 Å². The van der Waals surface area contributed by atoms with Crippen LogP contribution in [0.4, 0.5) is 11.5 Å². The molecular formula is C19H17ClN4O2. The van der Waals surface area contributed by atoms with Crippen molar-refractivity contribution in [3.63, 3.8) is 0 Å². The van der Waals surface area contributed by atoms with E-state index in [1.54, 1.807) is 30.6 Å². The number of halogens is 1. The third kappa shape index (κ3) is 3.47. The lowest BCUT2D eigenvalue weighted by Crippen LogP contribution is -2.36. The Morgan fingerprint density at radius 2 is 1.96 bits per heavy atom. The minimum Gasteiger partial charge on any atom is -0.378 e. The number of ether oxygens (including phenoxy) is 1. The summed E-state index contributed by atoms with van der Waals surface area (Å²) < 4.78 is 5.40. The first kappa shape index (κ1) is 16.8. The van der Waals surface area contributed by atoms with Crippen LogP contribution in [0.1, 0.15) is 10.4 Å². The topological polar surface area (TPSA) is 67.4 Å². The van der Waals surface area contributed by atoms with Crippen LogP contribution >= 0.6 is 11.6 Å². The first-order valence-electron chi connectivity index (χ1n) is 8.35. The number of aromatic nitrogens is 2. The second-order valence-corrected chi connectivity index (χ2v) is 6.43. The van der Waals surface area contributed by atoms with Gasteiger partial charge in [0, 0.05) is 34.7 Å². The molecule has 0 radical (unpaired) electrons. The Hall–Kier alpha value is -2.70. The summed E-state index contributed by atoms with van der Waals surface area (Å²) in [6, 6.07) is 12.5. The number of hydrogen-bond donors (Lipinski definition) is 1. The summed E-state index contributed by atoms with van der Waals surface area (Å²) in [4.78, 5) is 23.4. The first-order valence-corrected chi connectivity index (χ1v) is 8.73. The molecule has 0 aliphatic carbocycles. The van der Waals surface area contributed by atoms with E-state index in [1.165, 1.54) is 0 Å². The molecule has 1 aliphatic rings. The Balaban J connectivity index is 1.60. The highest BCUT2D eigenvalue weighted by Crippen LogP contribution is 2.26. The number of anilines is 2. The van der Waals surface area contributed by atoms with Crippen molar-refractivity contribution in [3.05, 3.63) is 59.4 Å². The highest BCUT2D eigenvalue weighted by Gasteiger charge is 2.16. The fourth-order valence-electron chi connectivity index (χ4n) is 2.98. The van der Waals surface area contributed by atoms with Crippen LogP contribution in [-0.2, 0) is 4.74 Å². The highest BCUT2D eigenvalue weighted by atomic mass is 35.5. The summed E-state index contributed by atoms with van der Waals surface area (Å²) in [5.74, 6) is 0.681. The van der Waals surface area contributed by atoms with Gasteiger partial charge in [-0.3, -0.25) is 4.79 Å². The Labute approximate surface area is 155 Å². The Kier molecular flexibility index (Phi) is 4.69. The third-order valence-electron chi connectivity index (χ3n) is 4.27. The largest absolute Gasteiger partial charge is 0.378 e. The van der Waals surface area contributed by atoms with Gasteiger partial charge in [0.15, 0.2) is 0 Å². The van der Waals surface area contributed by atoms with Gasteiger partial charge in [-0.2, -0.15) is 0 Å². The van der Waals surface area contributed by atoms with Crippen molar-refractivity contribution in [2.24, 2.45) is 0 Å². The van der Waals surface area contributed by atoms with E-state index >= 15 is 0 Å². The van der Waals surface area contributed by atoms with Crippen molar-refractivity contribution in [2.45, 2.75) is 0 Å². The second kappa shape index (κ2) is 7.27. The monoisotopic (exact) mass is 368 g/mol. The summed E-state index contributed by atoms with van der Waals surface area (Å²) in [6.07, 6.45) is 1.55. The lowest BCUT2D eigenvalue weighted by molar-refractivity contribution is 0.102. The van der Waals surface area contributed by atoms with Crippen LogP contribution in [0.25, 0.3) is 10.9 Å². The third-order valence-corrected chi connectivity index (χ3v) is 4.51. The fourth-order valence-corrected chi connectivity index (χ4v) is 3.17. The van der Waals surface area contributed by atoms with E-state index in [1.807, 2.05) is 18.2 Å². The summed E-state index contributed by atoms with van der Waals surface area (Å²) >= 11 is 5.95. The van der Waals surface area contributed by atoms with Crippen LogP contribution in [0.2, 0.25) is 5.02 Å². The maximum Gasteiger partial charge on any atom is 0.255 e. The number of benzene rings is 2. The molecule has 1 amide bonds. The molecule has 2 heterocycles. The van der Waals surface area contributed by atoms with Crippen LogP contribution in [0.15, 0.2) is 48.8 Å². The van der Waals surface area contributed by atoms with Gasteiger partial charge in [0.2, 0.25) is 0 Å². The van der Waals surface area contributed by atoms with E-state index in [0.717, 1.165) is 29.8 Å². The molecule has 0 spiro atoms. The molecule has 0 atom stereocenters. The Bertz CT molecular complexity index is 957. The van der Waals surface area contributed by atoms with Gasteiger partial charge in [-0.25, -0.2) is 9.97 Å². The van der Waals surface area contributed by atoms with Gasteiger partial charge in [0.1, 0.15) is 12.1 Å². The molecule has 132 valence electrons. The van der Waals surface area contributed by atoms with Gasteiger partial charge in [-0.15, -0.1) is 0 Å². The van der Waals surface area contributed by atoms with Gasteiger partial charge in [-0.1, -0.05) is 17.7 Å². The van der Waals surface area contributed by atoms with Gasteiger partial charge >= 0.3 is 0 Å². The second-order valence-electron chi connectivity index (χ2n) is 5.99. The summed E-state index contributed by atoms with van der Waals surface area (Å²) in [5, 5.41) is 4.37.